The summed E-state index contributed by atoms with van der Waals surface area (Å²) in [5.74, 6) is 2.18. The molecule has 1 aromatic rings. The predicted octanol–water partition coefficient (Wildman–Crippen LogP) is 4.97. The van der Waals surface area contributed by atoms with Crippen molar-refractivity contribution in [1.29, 1.82) is 0 Å². The van der Waals surface area contributed by atoms with Gasteiger partial charge in [-0.05, 0) is 42.9 Å². The number of aromatic nitrogens is 1. The van der Waals surface area contributed by atoms with Crippen LogP contribution < -0.4 is 4.74 Å². The third-order valence-electron chi connectivity index (χ3n) is 4.16. The van der Waals surface area contributed by atoms with E-state index < -0.39 is 0 Å². The fourth-order valence-corrected chi connectivity index (χ4v) is 2.77. The quantitative estimate of drug-likeness (QED) is 0.759. The van der Waals surface area contributed by atoms with Crippen LogP contribution in [0.4, 0.5) is 0 Å². The van der Waals surface area contributed by atoms with Gasteiger partial charge in [0.2, 0.25) is 5.88 Å². The van der Waals surface area contributed by atoms with Crippen molar-refractivity contribution >= 4 is 5.57 Å². The minimum Gasteiger partial charge on any atom is -0.474 e. The molecule has 0 amide bonds. The van der Waals surface area contributed by atoms with Crippen LogP contribution in [0.5, 0.6) is 5.88 Å². The second-order valence-electron chi connectivity index (χ2n) is 6.65. The molecule has 0 aliphatic carbocycles. The maximum Gasteiger partial charge on any atom is 0.221 e. The Morgan fingerprint density at radius 1 is 1.10 bits per heavy atom. The van der Waals surface area contributed by atoms with Gasteiger partial charge >= 0.3 is 0 Å². The van der Waals surface area contributed by atoms with Gasteiger partial charge in [-0.15, -0.1) is 0 Å². The lowest BCUT2D eigenvalue weighted by atomic mass is 9.86. The highest BCUT2D eigenvalue weighted by Crippen LogP contribution is 2.40. The molecule has 0 aromatic carbocycles. The molecule has 0 spiro atoms. The lowest BCUT2D eigenvalue weighted by Crippen LogP contribution is -2.19. The lowest BCUT2D eigenvalue weighted by Gasteiger charge is -2.21. The summed E-state index contributed by atoms with van der Waals surface area (Å²) in [6.45, 7) is 15.4. The van der Waals surface area contributed by atoms with Crippen LogP contribution in [0.25, 0.3) is 5.57 Å². The summed E-state index contributed by atoms with van der Waals surface area (Å²) in [6, 6.07) is 2.21. The monoisotopic (exact) mass is 273 g/mol. The van der Waals surface area contributed by atoms with Crippen LogP contribution in [0.3, 0.4) is 0 Å². The summed E-state index contributed by atoms with van der Waals surface area (Å²) in [6.07, 6.45) is 2.55. The number of ether oxygens (including phenoxy) is 1. The van der Waals surface area contributed by atoms with Crippen molar-refractivity contribution < 1.29 is 4.74 Å². The Labute approximate surface area is 123 Å². The first-order valence-electron chi connectivity index (χ1n) is 7.71. The van der Waals surface area contributed by atoms with E-state index >= 15 is 0 Å². The minimum absolute atomic E-state index is 0.166. The standard InChI is InChI=1S/C18H27NO/c1-10(2)15-8-12(5)14(7)20-18-17(15)16(11(3)4)9-13(6)19-18/h8-12,14H,1-7H3/t12-,14-/m1/s1. The molecule has 2 nitrogen and oxygen atoms in total. The van der Waals surface area contributed by atoms with E-state index in [2.05, 4.69) is 58.7 Å². The van der Waals surface area contributed by atoms with Crippen LogP contribution in [-0.4, -0.2) is 11.1 Å². The van der Waals surface area contributed by atoms with E-state index in [1.54, 1.807) is 0 Å². The molecule has 20 heavy (non-hydrogen) atoms. The van der Waals surface area contributed by atoms with E-state index in [-0.39, 0.29) is 6.10 Å². The van der Waals surface area contributed by atoms with Crippen molar-refractivity contribution in [3.05, 3.63) is 29.0 Å². The van der Waals surface area contributed by atoms with Crippen LogP contribution in [-0.2, 0) is 0 Å². The predicted molar refractivity (Wildman–Crippen MR) is 85.1 cm³/mol. The second kappa shape index (κ2) is 5.59. The van der Waals surface area contributed by atoms with Gasteiger partial charge in [-0.25, -0.2) is 4.98 Å². The molecule has 2 atom stereocenters. The molecule has 1 aliphatic heterocycles. The van der Waals surface area contributed by atoms with E-state index in [1.807, 2.05) is 6.92 Å². The number of fused-ring (bicyclic) bond motifs is 1. The number of rotatable bonds is 2. The largest absolute Gasteiger partial charge is 0.474 e. The normalized spacial score (nSPS) is 22.4. The van der Waals surface area contributed by atoms with E-state index in [0.29, 0.717) is 17.8 Å². The molecule has 0 fully saturated rings. The van der Waals surface area contributed by atoms with Crippen LogP contribution in [0.2, 0.25) is 0 Å². The highest BCUT2D eigenvalue weighted by atomic mass is 16.5. The number of nitrogens with zero attached hydrogens (tertiary/aromatic N) is 1. The molecular weight excluding hydrogens is 246 g/mol. The molecule has 110 valence electrons. The average molecular weight is 273 g/mol. The van der Waals surface area contributed by atoms with Gasteiger partial charge in [0.15, 0.2) is 0 Å². The molecule has 1 aromatic heterocycles. The first kappa shape index (κ1) is 15.1. The van der Waals surface area contributed by atoms with E-state index in [9.17, 15) is 0 Å². The molecule has 2 heteroatoms. The van der Waals surface area contributed by atoms with Crippen molar-refractivity contribution in [2.45, 2.75) is 60.5 Å². The van der Waals surface area contributed by atoms with Gasteiger partial charge in [0.25, 0.3) is 0 Å². The SMILES string of the molecule is Cc1cc(C(C)C)c2c(n1)O[C@H](C)[C@H](C)C=C2C(C)C. The summed E-state index contributed by atoms with van der Waals surface area (Å²) in [4.78, 5) is 4.67. The first-order chi connectivity index (χ1) is 9.31. The van der Waals surface area contributed by atoms with Crippen molar-refractivity contribution in [2.24, 2.45) is 11.8 Å². The molecule has 1 aliphatic rings. The zero-order valence-electron chi connectivity index (χ0n) is 13.8. The Morgan fingerprint density at radius 3 is 2.30 bits per heavy atom. The van der Waals surface area contributed by atoms with Crippen molar-refractivity contribution in [3.8, 4) is 5.88 Å². The highest BCUT2D eigenvalue weighted by molar-refractivity contribution is 5.74. The van der Waals surface area contributed by atoms with Gasteiger partial charge in [0.1, 0.15) is 6.10 Å². The van der Waals surface area contributed by atoms with E-state index in [4.69, 9.17) is 4.74 Å². The molecule has 0 radical (unpaired) electrons. The highest BCUT2D eigenvalue weighted by Gasteiger charge is 2.27. The van der Waals surface area contributed by atoms with Crippen LogP contribution >= 0.6 is 0 Å². The van der Waals surface area contributed by atoms with Crippen molar-refractivity contribution in [3.63, 3.8) is 0 Å². The van der Waals surface area contributed by atoms with Crippen LogP contribution in [0, 0.1) is 18.8 Å². The molecule has 2 heterocycles. The zero-order chi connectivity index (χ0) is 15.0. The van der Waals surface area contributed by atoms with Gasteiger partial charge in [-0.2, -0.15) is 0 Å². The number of allylic oxidation sites excluding steroid dienone is 1. The molecule has 0 bridgehead atoms. The Balaban J connectivity index is 2.72. The topological polar surface area (TPSA) is 22.1 Å². The third kappa shape index (κ3) is 2.74. The van der Waals surface area contributed by atoms with E-state index in [0.717, 1.165) is 11.6 Å². The van der Waals surface area contributed by atoms with Gasteiger partial charge in [0.05, 0.1) is 0 Å². The van der Waals surface area contributed by atoms with Gasteiger partial charge in [-0.3, -0.25) is 0 Å². The number of hydrogen-bond acceptors (Lipinski definition) is 2. The second-order valence-corrected chi connectivity index (χ2v) is 6.65. The Hall–Kier alpha value is -1.31. The Kier molecular flexibility index (Phi) is 4.22. The summed E-state index contributed by atoms with van der Waals surface area (Å²) >= 11 is 0. The third-order valence-corrected chi connectivity index (χ3v) is 4.16. The van der Waals surface area contributed by atoms with E-state index in [1.165, 1.54) is 16.7 Å². The molecule has 0 saturated carbocycles. The van der Waals surface area contributed by atoms with Gasteiger partial charge in [-0.1, -0.05) is 40.7 Å². The van der Waals surface area contributed by atoms with Crippen LogP contribution in [0.15, 0.2) is 12.1 Å². The number of hydrogen-bond donors (Lipinski definition) is 0. The maximum absolute atomic E-state index is 6.16. The fraction of sp³-hybridized carbons (Fsp3) is 0.611. The lowest BCUT2D eigenvalue weighted by molar-refractivity contribution is 0.178. The Morgan fingerprint density at radius 2 is 1.75 bits per heavy atom. The summed E-state index contributed by atoms with van der Waals surface area (Å²) in [5.41, 5.74) is 5.01. The number of pyridine rings is 1. The smallest absolute Gasteiger partial charge is 0.221 e. The number of aryl methyl sites for hydroxylation is 1. The first-order valence-corrected chi connectivity index (χ1v) is 7.71. The summed E-state index contributed by atoms with van der Waals surface area (Å²) < 4.78 is 6.16. The van der Waals surface area contributed by atoms with Gasteiger partial charge < -0.3 is 4.74 Å². The molecular formula is C18H27NO. The summed E-state index contributed by atoms with van der Waals surface area (Å²) in [5, 5.41) is 0. The van der Waals surface area contributed by atoms with Crippen molar-refractivity contribution in [1.82, 2.24) is 4.98 Å². The molecule has 2 rings (SSSR count). The van der Waals surface area contributed by atoms with Crippen molar-refractivity contribution in [2.75, 3.05) is 0 Å². The fourth-order valence-electron chi connectivity index (χ4n) is 2.77. The Bertz CT molecular complexity index is 528. The minimum atomic E-state index is 0.166. The van der Waals surface area contributed by atoms with Gasteiger partial charge in [0, 0.05) is 17.2 Å². The molecule has 0 N–H and O–H groups in total. The average Bonchev–Trinajstić information content (AvgIpc) is 2.46. The van der Waals surface area contributed by atoms with Crippen LogP contribution in [0.1, 0.15) is 64.3 Å². The molecule has 0 saturated heterocycles. The zero-order valence-corrected chi connectivity index (χ0v) is 13.8. The summed E-state index contributed by atoms with van der Waals surface area (Å²) in [7, 11) is 0. The maximum atomic E-state index is 6.16. The molecule has 0 unspecified atom stereocenters.